The van der Waals surface area contributed by atoms with Gasteiger partial charge in [-0.05, 0) is 13.1 Å². The third-order valence-electron chi connectivity index (χ3n) is 2.81. The number of hydrogen-bond donors (Lipinski definition) is 1. The van der Waals surface area contributed by atoms with Crippen LogP contribution in [0.25, 0.3) is 0 Å². The Bertz CT molecular complexity index is 364. The normalized spacial score (nSPS) is 11.2. The highest BCUT2D eigenvalue weighted by atomic mass is 16.5. The van der Waals surface area contributed by atoms with Crippen molar-refractivity contribution in [3.05, 3.63) is 11.9 Å². The van der Waals surface area contributed by atoms with Gasteiger partial charge in [0.25, 0.3) is 0 Å². The van der Waals surface area contributed by atoms with Crippen molar-refractivity contribution < 1.29 is 4.74 Å². The number of nitrogens with zero attached hydrogens (tertiary/aromatic N) is 3. The summed E-state index contributed by atoms with van der Waals surface area (Å²) in [5.41, 5.74) is 5.74. The summed E-state index contributed by atoms with van der Waals surface area (Å²) in [6, 6.07) is 1.67. The molecule has 0 atom stereocenters. The van der Waals surface area contributed by atoms with Crippen LogP contribution in [0.3, 0.4) is 0 Å². The SMILES string of the molecule is CCN(CC)CCOc1cc(N)nc(C(C)C)n1. The Morgan fingerprint density at radius 2 is 1.94 bits per heavy atom. The van der Waals surface area contributed by atoms with Gasteiger partial charge in [0.2, 0.25) is 5.88 Å². The van der Waals surface area contributed by atoms with E-state index in [1.54, 1.807) is 6.07 Å². The number of aromatic nitrogens is 2. The minimum atomic E-state index is 0.249. The van der Waals surface area contributed by atoms with Crippen molar-refractivity contribution >= 4 is 5.82 Å². The summed E-state index contributed by atoms with van der Waals surface area (Å²) in [5.74, 6) is 2.01. The van der Waals surface area contributed by atoms with Gasteiger partial charge in [-0.25, -0.2) is 4.98 Å². The second kappa shape index (κ2) is 7.16. The first-order valence-corrected chi connectivity index (χ1v) is 6.56. The first-order valence-electron chi connectivity index (χ1n) is 6.56. The van der Waals surface area contributed by atoms with Gasteiger partial charge < -0.3 is 15.4 Å². The fraction of sp³-hybridized carbons (Fsp3) is 0.692. The summed E-state index contributed by atoms with van der Waals surface area (Å²) in [4.78, 5) is 10.8. The van der Waals surface area contributed by atoms with Crippen molar-refractivity contribution in [3.63, 3.8) is 0 Å². The highest BCUT2D eigenvalue weighted by molar-refractivity contribution is 5.33. The lowest BCUT2D eigenvalue weighted by atomic mass is 10.2. The summed E-state index contributed by atoms with van der Waals surface area (Å²) in [5, 5.41) is 0. The molecule has 2 N–H and O–H groups in total. The molecule has 0 bridgehead atoms. The van der Waals surface area contributed by atoms with Gasteiger partial charge in [-0.15, -0.1) is 0 Å². The van der Waals surface area contributed by atoms with Gasteiger partial charge in [-0.3, -0.25) is 0 Å². The number of hydrogen-bond acceptors (Lipinski definition) is 5. The van der Waals surface area contributed by atoms with E-state index in [0.29, 0.717) is 18.3 Å². The van der Waals surface area contributed by atoms with E-state index < -0.39 is 0 Å². The Hall–Kier alpha value is -1.36. The number of nitrogens with two attached hydrogens (primary N) is 1. The van der Waals surface area contributed by atoms with Crippen LogP contribution in [0.2, 0.25) is 0 Å². The summed E-state index contributed by atoms with van der Waals surface area (Å²) in [6.07, 6.45) is 0. The Morgan fingerprint density at radius 1 is 1.28 bits per heavy atom. The van der Waals surface area contributed by atoms with Gasteiger partial charge in [-0.1, -0.05) is 27.7 Å². The van der Waals surface area contributed by atoms with Gasteiger partial charge in [0.1, 0.15) is 18.2 Å². The number of ether oxygens (including phenoxy) is 1. The van der Waals surface area contributed by atoms with Crippen molar-refractivity contribution in [2.45, 2.75) is 33.6 Å². The topological polar surface area (TPSA) is 64.3 Å². The van der Waals surface area contributed by atoms with E-state index in [0.717, 1.165) is 25.5 Å². The van der Waals surface area contributed by atoms with Gasteiger partial charge in [0, 0.05) is 18.5 Å². The van der Waals surface area contributed by atoms with Gasteiger partial charge in [-0.2, -0.15) is 4.98 Å². The standard InChI is InChI=1S/C13H24N4O/c1-5-17(6-2)7-8-18-12-9-11(14)15-13(16-12)10(3)4/h9-10H,5-8H2,1-4H3,(H2,14,15,16). The Labute approximate surface area is 109 Å². The average molecular weight is 252 g/mol. The first-order chi connectivity index (χ1) is 8.56. The van der Waals surface area contributed by atoms with E-state index in [2.05, 4.69) is 28.7 Å². The monoisotopic (exact) mass is 252 g/mol. The van der Waals surface area contributed by atoms with Crippen LogP contribution in [0.5, 0.6) is 5.88 Å². The zero-order valence-electron chi connectivity index (χ0n) is 11.8. The lowest BCUT2D eigenvalue weighted by Gasteiger charge is -2.18. The largest absolute Gasteiger partial charge is 0.476 e. The molecule has 5 heteroatoms. The second-order valence-electron chi connectivity index (χ2n) is 4.52. The summed E-state index contributed by atoms with van der Waals surface area (Å²) in [7, 11) is 0. The molecule has 0 aliphatic carbocycles. The maximum atomic E-state index is 5.74. The predicted molar refractivity (Wildman–Crippen MR) is 73.8 cm³/mol. The van der Waals surface area contributed by atoms with Crippen molar-refractivity contribution in [1.29, 1.82) is 0 Å². The smallest absolute Gasteiger partial charge is 0.218 e. The summed E-state index contributed by atoms with van der Waals surface area (Å²) in [6.45, 7) is 11.9. The molecule has 0 saturated carbocycles. The lowest BCUT2D eigenvalue weighted by Crippen LogP contribution is -2.28. The first kappa shape index (κ1) is 14.7. The van der Waals surface area contributed by atoms with Gasteiger partial charge >= 0.3 is 0 Å². The fourth-order valence-corrected chi connectivity index (χ4v) is 1.61. The van der Waals surface area contributed by atoms with E-state index in [-0.39, 0.29) is 5.92 Å². The minimum absolute atomic E-state index is 0.249. The van der Waals surface area contributed by atoms with Crippen LogP contribution < -0.4 is 10.5 Å². The Balaban J connectivity index is 2.56. The van der Waals surface area contributed by atoms with Crippen LogP contribution in [0, 0.1) is 0 Å². The van der Waals surface area contributed by atoms with Crippen LogP contribution in [0.4, 0.5) is 5.82 Å². The maximum absolute atomic E-state index is 5.74. The predicted octanol–water partition coefficient (Wildman–Crippen LogP) is 1.90. The fourth-order valence-electron chi connectivity index (χ4n) is 1.61. The van der Waals surface area contributed by atoms with Crippen LogP contribution in [-0.4, -0.2) is 41.1 Å². The molecule has 0 amide bonds. The maximum Gasteiger partial charge on any atom is 0.218 e. The van der Waals surface area contributed by atoms with Crippen LogP contribution in [0.1, 0.15) is 39.4 Å². The van der Waals surface area contributed by atoms with Gasteiger partial charge in [0.05, 0.1) is 0 Å². The number of likely N-dealkylation sites (N-methyl/N-ethyl adjacent to an activating group) is 1. The third-order valence-corrected chi connectivity index (χ3v) is 2.81. The van der Waals surface area contributed by atoms with Crippen LogP contribution in [-0.2, 0) is 0 Å². The molecule has 0 radical (unpaired) electrons. The van der Waals surface area contributed by atoms with Crippen molar-refractivity contribution in [2.75, 3.05) is 32.0 Å². The lowest BCUT2D eigenvalue weighted by molar-refractivity contribution is 0.217. The third kappa shape index (κ3) is 4.49. The van der Waals surface area contributed by atoms with E-state index in [1.807, 2.05) is 13.8 Å². The van der Waals surface area contributed by atoms with Crippen molar-refractivity contribution in [1.82, 2.24) is 14.9 Å². The average Bonchev–Trinajstić information content (AvgIpc) is 2.34. The molecular formula is C13H24N4O. The summed E-state index contributed by atoms with van der Waals surface area (Å²) >= 11 is 0. The Kier molecular flexibility index (Phi) is 5.85. The number of nitrogen functional groups attached to an aromatic ring is 1. The molecule has 5 nitrogen and oxygen atoms in total. The number of anilines is 1. The number of rotatable bonds is 7. The quantitative estimate of drug-likeness (QED) is 0.803. The molecule has 0 aromatic carbocycles. The molecule has 0 saturated heterocycles. The molecule has 0 aliphatic rings. The molecule has 1 aromatic rings. The zero-order valence-corrected chi connectivity index (χ0v) is 11.8. The van der Waals surface area contributed by atoms with E-state index >= 15 is 0 Å². The molecule has 0 aliphatic heterocycles. The van der Waals surface area contributed by atoms with Crippen LogP contribution in [0.15, 0.2) is 6.07 Å². The van der Waals surface area contributed by atoms with Crippen LogP contribution >= 0.6 is 0 Å². The molecule has 1 heterocycles. The van der Waals surface area contributed by atoms with E-state index in [1.165, 1.54) is 0 Å². The summed E-state index contributed by atoms with van der Waals surface area (Å²) < 4.78 is 5.64. The molecular weight excluding hydrogens is 228 g/mol. The molecule has 1 aromatic heterocycles. The van der Waals surface area contributed by atoms with E-state index in [9.17, 15) is 0 Å². The Morgan fingerprint density at radius 3 is 2.50 bits per heavy atom. The molecule has 0 spiro atoms. The second-order valence-corrected chi connectivity index (χ2v) is 4.52. The minimum Gasteiger partial charge on any atom is -0.476 e. The molecule has 0 fully saturated rings. The van der Waals surface area contributed by atoms with Crippen molar-refractivity contribution in [3.8, 4) is 5.88 Å². The molecule has 102 valence electrons. The highest BCUT2D eigenvalue weighted by Gasteiger charge is 2.07. The molecule has 18 heavy (non-hydrogen) atoms. The highest BCUT2D eigenvalue weighted by Crippen LogP contribution is 2.16. The van der Waals surface area contributed by atoms with E-state index in [4.69, 9.17) is 10.5 Å². The molecule has 1 rings (SSSR count). The zero-order chi connectivity index (χ0) is 13.5. The van der Waals surface area contributed by atoms with Crippen molar-refractivity contribution in [2.24, 2.45) is 0 Å². The van der Waals surface area contributed by atoms with Gasteiger partial charge in [0.15, 0.2) is 0 Å². The molecule has 0 unspecified atom stereocenters.